The lowest BCUT2D eigenvalue weighted by Crippen LogP contribution is -2.38. The molecule has 2 aromatic heterocycles. The molecule has 2 atom stereocenters. The van der Waals surface area contributed by atoms with Gasteiger partial charge < -0.3 is 9.47 Å². The molecule has 0 saturated carbocycles. The van der Waals surface area contributed by atoms with Crippen LogP contribution < -0.4 is 4.74 Å². The Morgan fingerprint density at radius 3 is 2.82 bits per heavy atom. The third-order valence-corrected chi connectivity index (χ3v) is 6.98. The highest BCUT2D eigenvalue weighted by molar-refractivity contribution is 6.07. The van der Waals surface area contributed by atoms with E-state index in [9.17, 15) is 0 Å². The highest BCUT2D eigenvalue weighted by Gasteiger charge is 2.42. The molecular weight excluding hydrogens is 414 g/mol. The first-order valence-corrected chi connectivity index (χ1v) is 11.9. The van der Waals surface area contributed by atoms with Crippen molar-refractivity contribution in [2.75, 3.05) is 46.0 Å². The van der Waals surface area contributed by atoms with Crippen molar-refractivity contribution < 1.29 is 9.47 Å². The molecule has 7 nitrogen and oxygen atoms in total. The number of hydrogen-bond donors (Lipinski definition) is 0. The quantitative estimate of drug-likeness (QED) is 0.583. The zero-order chi connectivity index (χ0) is 22.0. The molecular formula is C26H29N5O2. The van der Waals surface area contributed by atoms with Gasteiger partial charge in [0.05, 0.1) is 42.1 Å². The number of benzene rings is 1. The van der Waals surface area contributed by atoms with E-state index in [1.807, 2.05) is 24.5 Å². The van der Waals surface area contributed by atoms with E-state index in [-0.39, 0.29) is 5.92 Å². The van der Waals surface area contributed by atoms with Crippen LogP contribution in [0.5, 0.6) is 5.75 Å². The Balaban J connectivity index is 1.27. The van der Waals surface area contributed by atoms with Crippen LogP contribution >= 0.6 is 0 Å². The van der Waals surface area contributed by atoms with Gasteiger partial charge in [-0.1, -0.05) is 6.07 Å². The van der Waals surface area contributed by atoms with Gasteiger partial charge in [-0.15, -0.1) is 0 Å². The number of hydrogen-bond acceptors (Lipinski definition) is 7. The van der Waals surface area contributed by atoms with Crippen molar-refractivity contribution in [1.82, 2.24) is 19.9 Å². The second kappa shape index (κ2) is 9.08. The molecule has 5 heterocycles. The van der Waals surface area contributed by atoms with Crippen molar-refractivity contribution in [1.29, 1.82) is 0 Å². The number of pyridine rings is 2. The first-order chi connectivity index (χ1) is 16.4. The molecule has 0 spiro atoms. The summed E-state index contributed by atoms with van der Waals surface area (Å²) < 4.78 is 11.5. The van der Waals surface area contributed by atoms with Gasteiger partial charge >= 0.3 is 0 Å². The lowest BCUT2D eigenvalue weighted by molar-refractivity contribution is 0.0322. The lowest BCUT2D eigenvalue weighted by Gasteiger charge is -2.26. The first kappa shape index (κ1) is 20.6. The Morgan fingerprint density at radius 1 is 1.00 bits per heavy atom. The van der Waals surface area contributed by atoms with Crippen molar-refractivity contribution >= 4 is 16.6 Å². The van der Waals surface area contributed by atoms with Gasteiger partial charge in [0.1, 0.15) is 12.4 Å². The average molecular weight is 444 g/mol. The third kappa shape index (κ3) is 4.07. The maximum absolute atomic E-state index is 6.08. The fraction of sp³-hybridized carbons (Fsp3) is 0.423. The fourth-order valence-electron chi connectivity index (χ4n) is 5.33. The number of aromatic nitrogens is 2. The van der Waals surface area contributed by atoms with Crippen molar-refractivity contribution in [2.45, 2.75) is 24.8 Å². The summed E-state index contributed by atoms with van der Waals surface area (Å²) in [6.07, 6.45) is 6.10. The van der Waals surface area contributed by atoms with E-state index in [0.717, 1.165) is 68.5 Å². The van der Waals surface area contributed by atoms with E-state index in [1.165, 1.54) is 17.4 Å². The molecule has 0 radical (unpaired) electrons. The van der Waals surface area contributed by atoms with Crippen molar-refractivity contribution in [2.24, 2.45) is 5.10 Å². The number of rotatable bonds is 6. The Morgan fingerprint density at radius 2 is 1.94 bits per heavy atom. The van der Waals surface area contributed by atoms with Gasteiger partial charge in [-0.2, -0.15) is 5.10 Å². The number of fused-ring (bicyclic) bond motifs is 2. The van der Waals surface area contributed by atoms with E-state index >= 15 is 0 Å². The zero-order valence-corrected chi connectivity index (χ0v) is 18.8. The minimum absolute atomic E-state index is 0.195. The molecule has 7 heteroatoms. The van der Waals surface area contributed by atoms with Gasteiger partial charge in [0, 0.05) is 50.0 Å². The molecule has 0 N–H and O–H groups in total. The van der Waals surface area contributed by atoms with Crippen LogP contribution in [0, 0.1) is 0 Å². The highest BCUT2D eigenvalue weighted by atomic mass is 16.5. The number of nitrogens with zero attached hydrogens (tertiary/aromatic N) is 5. The molecule has 0 bridgehead atoms. The van der Waals surface area contributed by atoms with E-state index in [1.54, 1.807) is 0 Å². The van der Waals surface area contributed by atoms with Gasteiger partial charge in [-0.3, -0.25) is 19.9 Å². The molecule has 3 aromatic rings. The summed E-state index contributed by atoms with van der Waals surface area (Å²) in [5.41, 5.74) is 4.27. The Kier molecular flexibility index (Phi) is 5.66. The smallest absolute Gasteiger partial charge is 0.121 e. The fourth-order valence-corrected chi connectivity index (χ4v) is 5.33. The topological polar surface area (TPSA) is 63.1 Å². The predicted octanol–water partition coefficient (Wildman–Crippen LogP) is 3.31. The van der Waals surface area contributed by atoms with E-state index in [0.29, 0.717) is 12.6 Å². The van der Waals surface area contributed by atoms with Crippen LogP contribution in [0.25, 0.3) is 10.9 Å². The summed E-state index contributed by atoms with van der Waals surface area (Å²) in [5.74, 6) is 1.06. The first-order valence-electron chi connectivity index (χ1n) is 11.9. The molecule has 3 aliphatic heterocycles. The standard InChI is InChI=1S/C26H29N5O2/c1-2-9-27-22(4-1)26-25(24-5-3-11-31(24)29-26)21-8-10-28-23-18-19(6-7-20(21)23)33-17-14-30-12-15-32-16-13-30/h1-2,4,6-10,18,24-25H,3,5,11-17H2/t24-,25+/m0/s1. The maximum atomic E-state index is 6.08. The minimum Gasteiger partial charge on any atom is -0.492 e. The van der Waals surface area contributed by atoms with Crippen LogP contribution in [0.2, 0.25) is 0 Å². The largest absolute Gasteiger partial charge is 0.492 e. The van der Waals surface area contributed by atoms with Crippen molar-refractivity contribution in [3.05, 3.63) is 66.1 Å². The third-order valence-electron chi connectivity index (χ3n) is 6.98. The highest BCUT2D eigenvalue weighted by Crippen LogP contribution is 2.41. The number of ether oxygens (including phenoxy) is 2. The zero-order valence-electron chi connectivity index (χ0n) is 18.8. The van der Waals surface area contributed by atoms with Crippen LogP contribution in [0.3, 0.4) is 0 Å². The summed E-state index contributed by atoms with van der Waals surface area (Å²) >= 11 is 0. The Labute approximate surface area is 194 Å². The predicted molar refractivity (Wildman–Crippen MR) is 128 cm³/mol. The summed E-state index contributed by atoms with van der Waals surface area (Å²) in [6.45, 7) is 6.18. The summed E-state index contributed by atoms with van der Waals surface area (Å²) in [7, 11) is 0. The normalized spacial score (nSPS) is 23.0. The number of hydrazone groups is 1. The molecule has 1 aromatic carbocycles. The average Bonchev–Trinajstić information content (AvgIpc) is 3.46. The SMILES string of the molecule is c1ccc(C2=NN3CCC[C@H]3[C@H]2c2ccnc3cc(OCCN4CCOCC4)ccc23)nc1. The van der Waals surface area contributed by atoms with Gasteiger partial charge in [0.2, 0.25) is 0 Å². The Bertz CT molecular complexity index is 1150. The summed E-state index contributed by atoms with van der Waals surface area (Å²) in [4.78, 5) is 11.7. The van der Waals surface area contributed by atoms with E-state index in [4.69, 9.17) is 14.6 Å². The van der Waals surface area contributed by atoms with Gasteiger partial charge in [-0.05, 0) is 48.7 Å². The van der Waals surface area contributed by atoms with Gasteiger partial charge in [0.25, 0.3) is 0 Å². The van der Waals surface area contributed by atoms with Crippen molar-refractivity contribution in [3.8, 4) is 5.75 Å². The molecule has 170 valence electrons. The monoisotopic (exact) mass is 443 g/mol. The van der Waals surface area contributed by atoms with Gasteiger partial charge in [0.15, 0.2) is 0 Å². The van der Waals surface area contributed by atoms with Crippen LogP contribution in [-0.4, -0.2) is 77.6 Å². The molecule has 2 saturated heterocycles. The molecule has 0 amide bonds. The van der Waals surface area contributed by atoms with Crippen LogP contribution in [0.1, 0.15) is 30.0 Å². The van der Waals surface area contributed by atoms with Crippen molar-refractivity contribution in [3.63, 3.8) is 0 Å². The molecule has 6 rings (SSSR count). The second-order valence-electron chi connectivity index (χ2n) is 8.93. The maximum Gasteiger partial charge on any atom is 0.121 e. The van der Waals surface area contributed by atoms with E-state index in [2.05, 4.69) is 50.2 Å². The van der Waals surface area contributed by atoms with Crippen LogP contribution in [0.4, 0.5) is 0 Å². The lowest BCUT2D eigenvalue weighted by atomic mass is 9.84. The molecule has 0 aliphatic carbocycles. The van der Waals surface area contributed by atoms with E-state index < -0.39 is 0 Å². The number of morpholine rings is 1. The summed E-state index contributed by atoms with van der Waals surface area (Å²) in [5, 5.41) is 8.45. The molecule has 0 unspecified atom stereocenters. The van der Waals surface area contributed by atoms with Crippen LogP contribution in [0.15, 0.2) is 60.0 Å². The van der Waals surface area contributed by atoms with Gasteiger partial charge in [-0.25, -0.2) is 0 Å². The van der Waals surface area contributed by atoms with Crippen LogP contribution in [-0.2, 0) is 4.74 Å². The Hall–Kier alpha value is -3.03. The minimum atomic E-state index is 0.195. The molecule has 33 heavy (non-hydrogen) atoms. The molecule has 2 fully saturated rings. The molecule has 3 aliphatic rings. The second-order valence-corrected chi connectivity index (χ2v) is 8.93. The summed E-state index contributed by atoms with van der Waals surface area (Å²) in [6, 6.07) is 14.9.